The molecule has 3 aliphatic rings. The molecule has 3 aliphatic heterocycles. The second kappa shape index (κ2) is 10.1. The van der Waals surface area contributed by atoms with Gasteiger partial charge in [-0.25, -0.2) is 8.78 Å². The predicted octanol–water partition coefficient (Wildman–Crippen LogP) is 4.95. The van der Waals surface area contributed by atoms with E-state index in [0.717, 1.165) is 73.5 Å². The lowest BCUT2D eigenvalue weighted by molar-refractivity contribution is -0.129. The SMILES string of the molecule is CC(=O)N1CCc2c(c(N3CCCc4cc(-c5cnn(C)c5)c(C(F)F)cc43)nn2[C@H]2CCCOCC2)C1. The van der Waals surface area contributed by atoms with Crippen molar-refractivity contribution in [3.05, 3.63) is 46.9 Å². The van der Waals surface area contributed by atoms with Gasteiger partial charge in [0.2, 0.25) is 5.91 Å². The van der Waals surface area contributed by atoms with Gasteiger partial charge in [-0.15, -0.1) is 0 Å². The Morgan fingerprint density at radius 1 is 1.13 bits per heavy atom. The number of hydrogen-bond acceptors (Lipinski definition) is 5. The van der Waals surface area contributed by atoms with Gasteiger partial charge in [-0.1, -0.05) is 0 Å². The van der Waals surface area contributed by atoms with Gasteiger partial charge in [0.1, 0.15) is 0 Å². The molecule has 0 spiro atoms. The molecule has 0 N–H and O–H groups in total. The molecule has 1 saturated heterocycles. The van der Waals surface area contributed by atoms with E-state index in [-0.39, 0.29) is 17.5 Å². The van der Waals surface area contributed by atoms with E-state index in [0.29, 0.717) is 37.4 Å². The maximum atomic E-state index is 14.4. The molecule has 1 aromatic carbocycles. The minimum Gasteiger partial charge on any atom is -0.381 e. The van der Waals surface area contributed by atoms with E-state index in [1.54, 1.807) is 37.1 Å². The zero-order valence-corrected chi connectivity index (χ0v) is 22.0. The summed E-state index contributed by atoms with van der Waals surface area (Å²) >= 11 is 0. The minimum absolute atomic E-state index is 0.00299. The summed E-state index contributed by atoms with van der Waals surface area (Å²) in [5.41, 5.74) is 5.25. The summed E-state index contributed by atoms with van der Waals surface area (Å²) in [6, 6.07) is 3.80. The largest absolute Gasteiger partial charge is 0.381 e. The number of alkyl halides is 2. The van der Waals surface area contributed by atoms with Gasteiger partial charge in [-0.2, -0.15) is 10.2 Å². The number of halogens is 2. The first-order chi connectivity index (χ1) is 18.4. The lowest BCUT2D eigenvalue weighted by Gasteiger charge is -2.33. The fourth-order valence-corrected chi connectivity index (χ4v) is 6.21. The third kappa shape index (κ3) is 4.48. The molecule has 0 bridgehead atoms. The number of carbonyl (C=O) groups excluding carboxylic acids is 1. The molecule has 6 rings (SSSR count). The van der Waals surface area contributed by atoms with Crippen LogP contribution in [0.5, 0.6) is 0 Å². The Morgan fingerprint density at radius 2 is 2.00 bits per heavy atom. The van der Waals surface area contributed by atoms with Gasteiger partial charge >= 0.3 is 0 Å². The summed E-state index contributed by atoms with van der Waals surface area (Å²) in [6.45, 7) is 4.92. The summed E-state index contributed by atoms with van der Waals surface area (Å²) in [7, 11) is 1.79. The molecular weight excluding hydrogens is 490 g/mol. The Hall–Kier alpha value is -3.27. The third-order valence-corrected chi connectivity index (χ3v) is 8.15. The molecule has 10 heteroatoms. The number of benzene rings is 1. The number of hydrogen-bond donors (Lipinski definition) is 0. The molecule has 0 saturated carbocycles. The van der Waals surface area contributed by atoms with Crippen LogP contribution < -0.4 is 4.90 Å². The number of aromatic nitrogens is 4. The van der Waals surface area contributed by atoms with Crippen LogP contribution in [-0.4, -0.2) is 56.7 Å². The van der Waals surface area contributed by atoms with Gasteiger partial charge in [0.25, 0.3) is 6.43 Å². The van der Waals surface area contributed by atoms with Crippen molar-refractivity contribution in [3.8, 4) is 11.1 Å². The zero-order valence-electron chi connectivity index (χ0n) is 22.0. The van der Waals surface area contributed by atoms with Crippen LogP contribution in [-0.2, 0) is 36.0 Å². The standard InChI is InChI=1S/C28H34F2N6O2/c1-18(37)34-10-7-25-24(17-34)28(32-36(25)21-6-4-11-38-12-8-21)35-9-3-5-19-13-22(20-15-31-33(2)16-20)23(27(29)30)14-26(19)35/h13-16,21,27H,3-12,17H2,1-2H3/t21-/m0/s1. The van der Waals surface area contributed by atoms with Gasteiger partial charge in [-0.05, 0) is 55.4 Å². The van der Waals surface area contributed by atoms with Crippen molar-refractivity contribution in [2.24, 2.45) is 7.05 Å². The number of nitrogens with zero attached hydrogens (tertiary/aromatic N) is 6. The Balaban J connectivity index is 1.47. The van der Waals surface area contributed by atoms with Crippen molar-refractivity contribution >= 4 is 17.4 Å². The van der Waals surface area contributed by atoms with Crippen LogP contribution in [0.3, 0.4) is 0 Å². The Kier molecular flexibility index (Phi) is 6.67. The van der Waals surface area contributed by atoms with Crippen molar-refractivity contribution in [1.29, 1.82) is 0 Å². The monoisotopic (exact) mass is 524 g/mol. The first kappa shape index (κ1) is 25.0. The highest BCUT2D eigenvalue weighted by atomic mass is 19.3. The maximum absolute atomic E-state index is 14.4. The van der Waals surface area contributed by atoms with E-state index in [1.165, 1.54) is 0 Å². The number of anilines is 2. The molecule has 8 nitrogen and oxygen atoms in total. The number of rotatable bonds is 4. The van der Waals surface area contributed by atoms with Gasteiger partial charge in [0.15, 0.2) is 5.82 Å². The average Bonchev–Trinajstić information content (AvgIpc) is 3.40. The molecule has 0 radical (unpaired) electrons. The van der Waals surface area contributed by atoms with Crippen LogP contribution in [0.2, 0.25) is 0 Å². The normalized spacial score (nSPS) is 19.9. The molecule has 0 unspecified atom stereocenters. The average molecular weight is 525 g/mol. The highest BCUT2D eigenvalue weighted by Gasteiger charge is 2.34. The summed E-state index contributed by atoms with van der Waals surface area (Å²) in [6.07, 6.45) is 6.10. The number of fused-ring (bicyclic) bond motifs is 2. The fraction of sp³-hybridized carbons (Fsp3) is 0.536. The minimum atomic E-state index is -2.62. The first-order valence-electron chi connectivity index (χ1n) is 13.6. The van der Waals surface area contributed by atoms with E-state index in [4.69, 9.17) is 9.84 Å². The zero-order chi connectivity index (χ0) is 26.4. The second-order valence-corrected chi connectivity index (χ2v) is 10.6. The lowest BCUT2D eigenvalue weighted by atomic mass is 9.92. The summed E-state index contributed by atoms with van der Waals surface area (Å²) in [4.78, 5) is 16.3. The second-order valence-electron chi connectivity index (χ2n) is 10.6. The summed E-state index contributed by atoms with van der Waals surface area (Å²) in [5, 5.41) is 9.38. The van der Waals surface area contributed by atoms with Crippen LogP contribution >= 0.6 is 0 Å². The summed E-state index contributed by atoms with van der Waals surface area (Å²) < 4.78 is 38.3. The molecule has 5 heterocycles. The maximum Gasteiger partial charge on any atom is 0.264 e. The highest BCUT2D eigenvalue weighted by Crippen LogP contribution is 2.43. The van der Waals surface area contributed by atoms with Crippen molar-refractivity contribution in [2.45, 2.75) is 64.5 Å². The molecule has 1 amide bonds. The van der Waals surface area contributed by atoms with Gasteiger partial charge in [0.05, 0.1) is 18.8 Å². The van der Waals surface area contributed by atoms with Crippen LogP contribution in [0.4, 0.5) is 20.3 Å². The molecule has 202 valence electrons. The molecule has 2 aromatic heterocycles. The van der Waals surface area contributed by atoms with Crippen LogP contribution in [0.25, 0.3) is 11.1 Å². The summed E-state index contributed by atoms with van der Waals surface area (Å²) in [5.74, 6) is 0.837. The van der Waals surface area contributed by atoms with Crippen molar-refractivity contribution < 1.29 is 18.3 Å². The number of aryl methyl sites for hydroxylation is 2. The van der Waals surface area contributed by atoms with Crippen molar-refractivity contribution in [2.75, 3.05) is 31.2 Å². The number of ether oxygens (including phenoxy) is 1. The van der Waals surface area contributed by atoms with Gasteiger partial charge in [0, 0.05) is 81.0 Å². The van der Waals surface area contributed by atoms with Crippen LogP contribution in [0.15, 0.2) is 24.5 Å². The quantitative estimate of drug-likeness (QED) is 0.483. The van der Waals surface area contributed by atoms with E-state index in [2.05, 4.69) is 14.7 Å². The molecular formula is C28H34F2N6O2. The Bertz CT molecular complexity index is 1340. The van der Waals surface area contributed by atoms with E-state index >= 15 is 0 Å². The molecule has 1 atom stereocenters. The molecule has 1 fully saturated rings. The Labute approximate surface area is 221 Å². The smallest absolute Gasteiger partial charge is 0.264 e. The molecule has 3 aromatic rings. The van der Waals surface area contributed by atoms with E-state index < -0.39 is 6.43 Å². The topological polar surface area (TPSA) is 68.4 Å². The van der Waals surface area contributed by atoms with E-state index in [1.807, 2.05) is 11.0 Å². The van der Waals surface area contributed by atoms with E-state index in [9.17, 15) is 13.6 Å². The third-order valence-electron chi connectivity index (χ3n) is 8.15. The van der Waals surface area contributed by atoms with Crippen LogP contribution in [0, 0.1) is 0 Å². The van der Waals surface area contributed by atoms with Crippen molar-refractivity contribution in [1.82, 2.24) is 24.5 Å². The molecule has 0 aliphatic carbocycles. The predicted molar refractivity (Wildman–Crippen MR) is 140 cm³/mol. The lowest BCUT2D eigenvalue weighted by Crippen LogP contribution is -2.35. The molecule has 38 heavy (non-hydrogen) atoms. The van der Waals surface area contributed by atoms with Gasteiger partial charge in [-0.3, -0.25) is 14.2 Å². The number of carbonyl (C=O) groups is 1. The van der Waals surface area contributed by atoms with Crippen molar-refractivity contribution in [3.63, 3.8) is 0 Å². The Morgan fingerprint density at radius 3 is 2.76 bits per heavy atom. The van der Waals surface area contributed by atoms with Gasteiger partial charge < -0.3 is 14.5 Å². The fourth-order valence-electron chi connectivity index (χ4n) is 6.21. The first-order valence-corrected chi connectivity index (χ1v) is 13.6. The highest BCUT2D eigenvalue weighted by molar-refractivity contribution is 5.78. The number of amides is 1. The van der Waals surface area contributed by atoms with Crippen LogP contribution in [0.1, 0.15) is 67.5 Å².